The van der Waals surface area contributed by atoms with Crippen LogP contribution >= 0.6 is 0 Å². The molecule has 1 rings (SSSR count). The Morgan fingerprint density at radius 1 is 1.37 bits per heavy atom. The lowest BCUT2D eigenvalue weighted by Gasteiger charge is -2.24. The Hall–Kier alpha value is -0.650. The minimum absolute atomic E-state index is 0.160. The van der Waals surface area contributed by atoms with Gasteiger partial charge in [-0.05, 0) is 38.6 Å². The largest absolute Gasteiger partial charge is 0.469 e. The van der Waals surface area contributed by atoms with Crippen molar-refractivity contribution in [2.45, 2.75) is 44.6 Å². The van der Waals surface area contributed by atoms with Crippen molar-refractivity contribution in [2.75, 3.05) is 40.0 Å². The molecule has 1 fully saturated rings. The minimum atomic E-state index is -0.160. The Kier molecular flexibility index (Phi) is 8.79. The minimum Gasteiger partial charge on any atom is -0.469 e. The fourth-order valence-electron chi connectivity index (χ4n) is 2.35. The molecule has 1 saturated heterocycles. The highest BCUT2D eigenvalue weighted by Crippen LogP contribution is 2.14. The van der Waals surface area contributed by atoms with Gasteiger partial charge in [-0.15, -0.1) is 0 Å². The molecule has 5 nitrogen and oxygen atoms in total. The molecule has 1 atom stereocenters. The highest BCUT2D eigenvalue weighted by molar-refractivity contribution is 5.69. The number of esters is 1. The van der Waals surface area contributed by atoms with E-state index in [1.54, 1.807) is 0 Å². The summed E-state index contributed by atoms with van der Waals surface area (Å²) in [5, 5.41) is 8.77. The van der Waals surface area contributed by atoms with Crippen LogP contribution in [0.1, 0.15) is 38.5 Å². The zero-order valence-electron chi connectivity index (χ0n) is 12.0. The number of hydrogen-bond acceptors (Lipinski definition) is 5. The molecule has 112 valence electrons. The van der Waals surface area contributed by atoms with Gasteiger partial charge in [-0.2, -0.15) is 0 Å². The predicted molar refractivity (Wildman–Crippen MR) is 73.0 cm³/mol. The third-order valence-corrected chi connectivity index (χ3v) is 3.48. The van der Waals surface area contributed by atoms with Gasteiger partial charge in [0.05, 0.1) is 19.6 Å². The summed E-state index contributed by atoms with van der Waals surface area (Å²) in [6.07, 6.45) is 5.93. The van der Waals surface area contributed by atoms with Gasteiger partial charge in [0.15, 0.2) is 0 Å². The molecule has 1 N–H and O–H groups in total. The van der Waals surface area contributed by atoms with Crippen LogP contribution in [0.15, 0.2) is 0 Å². The molecule has 19 heavy (non-hydrogen) atoms. The van der Waals surface area contributed by atoms with E-state index in [9.17, 15) is 4.79 Å². The first-order valence-electron chi connectivity index (χ1n) is 7.28. The van der Waals surface area contributed by atoms with Crippen molar-refractivity contribution in [3.63, 3.8) is 0 Å². The number of unbranched alkanes of at least 4 members (excludes halogenated alkanes) is 2. The maximum absolute atomic E-state index is 11.2. The molecule has 0 saturated carbocycles. The van der Waals surface area contributed by atoms with E-state index in [-0.39, 0.29) is 12.6 Å². The topological polar surface area (TPSA) is 59.0 Å². The van der Waals surface area contributed by atoms with E-state index in [2.05, 4.69) is 9.64 Å². The molecule has 1 aliphatic rings. The highest BCUT2D eigenvalue weighted by Gasteiger charge is 2.19. The zero-order valence-corrected chi connectivity index (χ0v) is 12.0. The van der Waals surface area contributed by atoms with Gasteiger partial charge in [0, 0.05) is 26.3 Å². The van der Waals surface area contributed by atoms with Crippen LogP contribution < -0.4 is 0 Å². The van der Waals surface area contributed by atoms with E-state index < -0.39 is 0 Å². The molecular formula is C14H27NO4. The SMILES string of the molecule is COC(=O)CCN(CCCCCO)CC1CCCO1. The summed E-state index contributed by atoms with van der Waals surface area (Å²) >= 11 is 0. The number of aliphatic hydroxyl groups excluding tert-OH is 1. The highest BCUT2D eigenvalue weighted by atomic mass is 16.5. The third-order valence-electron chi connectivity index (χ3n) is 3.48. The first-order valence-corrected chi connectivity index (χ1v) is 7.28. The molecule has 0 radical (unpaired) electrons. The molecule has 0 aromatic heterocycles. The van der Waals surface area contributed by atoms with Gasteiger partial charge in [-0.25, -0.2) is 0 Å². The maximum Gasteiger partial charge on any atom is 0.306 e. The van der Waals surface area contributed by atoms with E-state index in [0.29, 0.717) is 12.5 Å². The standard InChI is InChI=1S/C14H27NO4/c1-18-14(17)7-9-15(8-3-2-4-10-16)12-13-6-5-11-19-13/h13,16H,2-12H2,1H3. The van der Waals surface area contributed by atoms with Crippen molar-refractivity contribution in [3.8, 4) is 0 Å². The van der Waals surface area contributed by atoms with Crippen LogP contribution in [-0.2, 0) is 14.3 Å². The fourth-order valence-corrected chi connectivity index (χ4v) is 2.35. The van der Waals surface area contributed by atoms with Gasteiger partial charge >= 0.3 is 5.97 Å². The van der Waals surface area contributed by atoms with Crippen LogP contribution in [0, 0.1) is 0 Å². The summed E-state index contributed by atoms with van der Waals surface area (Å²) in [5.41, 5.74) is 0. The summed E-state index contributed by atoms with van der Waals surface area (Å²) in [5.74, 6) is -0.160. The maximum atomic E-state index is 11.2. The second-order valence-electron chi connectivity index (χ2n) is 5.05. The van der Waals surface area contributed by atoms with E-state index in [1.807, 2.05) is 0 Å². The summed E-state index contributed by atoms with van der Waals surface area (Å²) in [4.78, 5) is 13.5. The number of hydrogen-bond donors (Lipinski definition) is 1. The van der Waals surface area contributed by atoms with Gasteiger partial charge in [0.2, 0.25) is 0 Å². The van der Waals surface area contributed by atoms with Crippen LogP contribution in [0.4, 0.5) is 0 Å². The fraction of sp³-hybridized carbons (Fsp3) is 0.929. The van der Waals surface area contributed by atoms with Crippen LogP contribution in [0.2, 0.25) is 0 Å². The summed E-state index contributed by atoms with van der Waals surface area (Å²) in [6.45, 7) is 3.70. The molecule has 1 aliphatic heterocycles. The number of rotatable bonds is 10. The van der Waals surface area contributed by atoms with Crippen LogP contribution in [0.5, 0.6) is 0 Å². The number of carbonyl (C=O) groups excluding carboxylic acids is 1. The zero-order chi connectivity index (χ0) is 13.9. The Morgan fingerprint density at radius 2 is 2.21 bits per heavy atom. The Balaban J connectivity index is 2.26. The van der Waals surface area contributed by atoms with Crippen molar-refractivity contribution >= 4 is 5.97 Å². The van der Waals surface area contributed by atoms with Crippen molar-refractivity contribution in [1.82, 2.24) is 4.90 Å². The number of carbonyl (C=O) groups is 1. The van der Waals surface area contributed by atoms with Gasteiger partial charge in [0.1, 0.15) is 0 Å². The van der Waals surface area contributed by atoms with Crippen molar-refractivity contribution in [3.05, 3.63) is 0 Å². The molecule has 0 amide bonds. The lowest BCUT2D eigenvalue weighted by atomic mass is 10.2. The van der Waals surface area contributed by atoms with Gasteiger partial charge in [0.25, 0.3) is 0 Å². The third kappa shape index (κ3) is 7.50. The number of nitrogens with zero attached hydrogens (tertiary/aromatic N) is 1. The van der Waals surface area contributed by atoms with Crippen LogP contribution in [0.3, 0.4) is 0 Å². The molecule has 0 bridgehead atoms. The summed E-state index contributed by atoms with van der Waals surface area (Å²) in [7, 11) is 1.42. The molecule has 0 aromatic carbocycles. The molecular weight excluding hydrogens is 246 g/mol. The average molecular weight is 273 g/mol. The lowest BCUT2D eigenvalue weighted by Crippen LogP contribution is -2.34. The summed E-state index contributed by atoms with van der Waals surface area (Å²) in [6, 6.07) is 0. The normalized spacial score (nSPS) is 19.0. The van der Waals surface area contributed by atoms with Gasteiger partial charge in [-0.3, -0.25) is 4.79 Å². The molecule has 1 heterocycles. The van der Waals surface area contributed by atoms with Crippen LogP contribution in [-0.4, -0.2) is 62.0 Å². The monoisotopic (exact) mass is 273 g/mol. The van der Waals surface area contributed by atoms with Crippen LogP contribution in [0.25, 0.3) is 0 Å². The van der Waals surface area contributed by atoms with E-state index in [4.69, 9.17) is 9.84 Å². The smallest absolute Gasteiger partial charge is 0.306 e. The van der Waals surface area contributed by atoms with Crippen molar-refractivity contribution < 1.29 is 19.4 Å². The number of aliphatic hydroxyl groups is 1. The van der Waals surface area contributed by atoms with Gasteiger partial charge < -0.3 is 19.5 Å². The average Bonchev–Trinajstić information content (AvgIpc) is 2.93. The Bertz CT molecular complexity index is 242. The molecule has 0 aliphatic carbocycles. The van der Waals surface area contributed by atoms with Gasteiger partial charge in [-0.1, -0.05) is 0 Å². The lowest BCUT2D eigenvalue weighted by molar-refractivity contribution is -0.141. The molecule has 0 spiro atoms. The first kappa shape index (κ1) is 16.4. The van der Waals surface area contributed by atoms with Crippen molar-refractivity contribution in [1.29, 1.82) is 0 Å². The molecule has 0 aromatic rings. The molecule has 5 heteroatoms. The van der Waals surface area contributed by atoms with E-state index in [1.165, 1.54) is 7.11 Å². The quantitative estimate of drug-likeness (QED) is 0.478. The number of methoxy groups -OCH3 is 1. The second-order valence-corrected chi connectivity index (χ2v) is 5.05. The Morgan fingerprint density at radius 3 is 2.84 bits per heavy atom. The van der Waals surface area contributed by atoms with Crippen molar-refractivity contribution in [2.24, 2.45) is 0 Å². The summed E-state index contributed by atoms with van der Waals surface area (Å²) < 4.78 is 10.3. The first-order chi connectivity index (χ1) is 9.26. The predicted octanol–water partition coefficient (Wildman–Crippen LogP) is 1.19. The van der Waals surface area contributed by atoms with E-state index >= 15 is 0 Å². The van der Waals surface area contributed by atoms with E-state index in [0.717, 1.165) is 58.3 Å². The number of ether oxygens (including phenoxy) is 2. The molecule has 1 unspecified atom stereocenters. The second kappa shape index (κ2) is 10.2. The Labute approximate surface area is 115 Å².